The Morgan fingerprint density at radius 3 is 2.47 bits per heavy atom. The highest BCUT2D eigenvalue weighted by Crippen LogP contribution is 2.28. The number of carboxylic acids is 1. The summed E-state index contributed by atoms with van der Waals surface area (Å²) in [4.78, 5) is 10.6. The number of carboxylic acid groups (broad SMARTS) is 1. The summed E-state index contributed by atoms with van der Waals surface area (Å²) in [5.41, 5.74) is 2.77. The van der Waals surface area contributed by atoms with Crippen LogP contribution in [0.25, 0.3) is 11.1 Å². The molecule has 0 aliphatic rings. The van der Waals surface area contributed by atoms with E-state index in [-0.39, 0.29) is 6.54 Å². The Hall–Kier alpha value is -2.49. The normalized spacial score (nSPS) is 9.95. The maximum atomic E-state index is 10.6. The molecule has 4 nitrogen and oxygen atoms in total. The molecule has 2 aromatic carbocycles. The first-order valence-corrected chi connectivity index (χ1v) is 5.90. The van der Waals surface area contributed by atoms with Crippen LogP contribution in [0.1, 0.15) is 0 Å². The van der Waals surface area contributed by atoms with Gasteiger partial charge in [0, 0.05) is 11.3 Å². The van der Waals surface area contributed by atoms with Crippen molar-refractivity contribution in [3.05, 3.63) is 48.5 Å². The first-order valence-electron chi connectivity index (χ1n) is 5.90. The van der Waals surface area contributed by atoms with Crippen molar-refractivity contribution < 1.29 is 14.6 Å². The first kappa shape index (κ1) is 13.0. The average molecular weight is 257 g/mol. The van der Waals surface area contributed by atoms with Gasteiger partial charge in [-0.3, -0.25) is 4.79 Å². The lowest BCUT2D eigenvalue weighted by Crippen LogP contribution is -2.12. The van der Waals surface area contributed by atoms with Gasteiger partial charge in [0.15, 0.2) is 0 Å². The molecule has 4 heteroatoms. The Morgan fingerprint density at radius 1 is 1.16 bits per heavy atom. The third kappa shape index (κ3) is 3.25. The van der Waals surface area contributed by atoms with E-state index in [2.05, 4.69) is 5.32 Å². The summed E-state index contributed by atoms with van der Waals surface area (Å²) in [6, 6.07) is 15.3. The van der Waals surface area contributed by atoms with Crippen LogP contribution in [-0.2, 0) is 4.79 Å². The number of carbonyl (C=O) groups is 1. The molecular formula is C15H15NO3. The van der Waals surface area contributed by atoms with Crippen molar-refractivity contribution in [3.63, 3.8) is 0 Å². The molecular weight excluding hydrogens is 242 g/mol. The fourth-order valence-electron chi connectivity index (χ4n) is 1.83. The smallest absolute Gasteiger partial charge is 0.322 e. The summed E-state index contributed by atoms with van der Waals surface area (Å²) >= 11 is 0. The van der Waals surface area contributed by atoms with Crippen molar-refractivity contribution in [2.75, 3.05) is 19.0 Å². The van der Waals surface area contributed by atoms with Gasteiger partial charge in [-0.2, -0.15) is 0 Å². The number of aliphatic carboxylic acids is 1. The number of ether oxygens (including phenoxy) is 1. The second-order valence-corrected chi connectivity index (χ2v) is 4.02. The zero-order valence-corrected chi connectivity index (χ0v) is 10.6. The molecule has 0 heterocycles. The molecule has 0 aromatic heterocycles. The van der Waals surface area contributed by atoms with Crippen molar-refractivity contribution >= 4 is 11.7 Å². The van der Waals surface area contributed by atoms with Crippen LogP contribution >= 0.6 is 0 Å². The molecule has 0 aliphatic heterocycles. The second kappa shape index (κ2) is 5.91. The van der Waals surface area contributed by atoms with Gasteiger partial charge in [-0.15, -0.1) is 0 Å². The number of anilines is 1. The van der Waals surface area contributed by atoms with Crippen LogP contribution in [0.3, 0.4) is 0 Å². The standard InChI is InChI=1S/C15H15NO3/c1-19-12-8-6-11(7-9-12)13-4-2-3-5-14(13)16-10-15(17)18/h2-9,16H,10H2,1H3,(H,17,18). The van der Waals surface area contributed by atoms with E-state index in [0.29, 0.717) is 0 Å². The van der Waals surface area contributed by atoms with Gasteiger partial charge in [0.2, 0.25) is 0 Å². The maximum absolute atomic E-state index is 10.6. The molecule has 0 radical (unpaired) electrons. The van der Waals surface area contributed by atoms with E-state index < -0.39 is 5.97 Å². The molecule has 0 saturated heterocycles. The molecule has 0 atom stereocenters. The van der Waals surface area contributed by atoms with Crippen LogP contribution in [0.2, 0.25) is 0 Å². The Labute approximate surface area is 111 Å². The molecule has 0 bridgehead atoms. The van der Waals surface area contributed by atoms with Gasteiger partial charge < -0.3 is 15.2 Å². The average Bonchev–Trinajstić information content (AvgIpc) is 2.45. The van der Waals surface area contributed by atoms with Gasteiger partial charge in [-0.25, -0.2) is 0 Å². The summed E-state index contributed by atoms with van der Waals surface area (Å²) in [6.45, 7) is -0.104. The van der Waals surface area contributed by atoms with Gasteiger partial charge in [0.1, 0.15) is 12.3 Å². The fraction of sp³-hybridized carbons (Fsp3) is 0.133. The molecule has 0 saturated carbocycles. The number of hydrogen-bond acceptors (Lipinski definition) is 3. The summed E-state index contributed by atoms with van der Waals surface area (Å²) in [5, 5.41) is 11.6. The zero-order chi connectivity index (χ0) is 13.7. The Bertz CT molecular complexity index is 564. The summed E-state index contributed by atoms with van der Waals surface area (Å²) in [6.07, 6.45) is 0. The van der Waals surface area contributed by atoms with E-state index in [1.54, 1.807) is 7.11 Å². The Morgan fingerprint density at radius 2 is 1.84 bits per heavy atom. The van der Waals surface area contributed by atoms with Crippen molar-refractivity contribution in [3.8, 4) is 16.9 Å². The number of hydrogen-bond donors (Lipinski definition) is 2. The Kier molecular flexibility index (Phi) is 4.03. The molecule has 98 valence electrons. The van der Waals surface area contributed by atoms with Gasteiger partial charge >= 0.3 is 5.97 Å². The van der Waals surface area contributed by atoms with E-state index in [9.17, 15) is 4.79 Å². The van der Waals surface area contributed by atoms with Crippen molar-refractivity contribution in [1.29, 1.82) is 0 Å². The highest BCUT2D eigenvalue weighted by Gasteiger charge is 2.05. The van der Waals surface area contributed by atoms with Crippen LogP contribution in [0.4, 0.5) is 5.69 Å². The van der Waals surface area contributed by atoms with Crippen LogP contribution in [0, 0.1) is 0 Å². The second-order valence-electron chi connectivity index (χ2n) is 4.02. The molecule has 0 aliphatic carbocycles. The molecule has 0 fully saturated rings. The van der Waals surface area contributed by atoms with E-state index in [1.165, 1.54) is 0 Å². The minimum atomic E-state index is -0.885. The molecule has 2 aromatic rings. The van der Waals surface area contributed by atoms with Crippen molar-refractivity contribution in [2.45, 2.75) is 0 Å². The molecule has 19 heavy (non-hydrogen) atoms. The van der Waals surface area contributed by atoms with E-state index >= 15 is 0 Å². The number of para-hydroxylation sites is 1. The highest BCUT2D eigenvalue weighted by molar-refractivity contribution is 5.81. The van der Waals surface area contributed by atoms with Crippen LogP contribution < -0.4 is 10.1 Å². The maximum Gasteiger partial charge on any atom is 0.322 e. The molecule has 2 rings (SSSR count). The third-order valence-electron chi connectivity index (χ3n) is 2.76. The molecule has 0 spiro atoms. The van der Waals surface area contributed by atoms with E-state index in [1.807, 2.05) is 48.5 Å². The molecule has 0 amide bonds. The van der Waals surface area contributed by atoms with Crippen LogP contribution in [0.15, 0.2) is 48.5 Å². The minimum absolute atomic E-state index is 0.104. The predicted molar refractivity (Wildman–Crippen MR) is 74.6 cm³/mol. The van der Waals surface area contributed by atoms with Crippen molar-refractivity contribution in [2.24, 2.45) is 0 Å². The van der Waals surface area contributed by atoms with Gasteiger partial charge in [0.05, 0.1) is 7.11 Å². The van der Waals surface area contributed by atoms with Crippen molar-refractivity contribution in [1.82, 2.24) is 0 Å². The van der Waals surface area contributed by atoms with Gasteiger partial charge in [0.25, 0.3) is 0 Å². The lowest BCUT2D eigenvalue weighted by Gasteiger charge is -2.11. The van der Waals surface area contributed by atoms with Gasteiger partial charge in [-0.05, 0) is 23.8 Å². The predicted octanol–water partition coefficient (Wildman–Crippen LogP) is 2.86. The van der Waals surface area contributed by atoms with Crippen LogP contribution in [0.5, 0.6) is 5.75 Å². The quantitative estimate of drug-likeness (QED) is 0.864. The monoisotopic (exact) mass is 257 g/mol. The Balaban J connectivity index is 2.29. The SMILES string of the molecule is COc1ccc(-c2ccccc2NCC(=O)O)cc1. The van der Waals surface area contributed by atoms with E-state index in [4.69, 9.17) is 9.84 Å². The number of nitrogens with one attached hydrogen (secondary N) is 1. The van der Waals surface area contributed by atoms with Crippen LogP contribution in [-0.4, -0.2) is 24.7 Å². The highest BCUT2D eigenvalue weighted by atomic mass is 16.5. The minimum Gasteiger partial charge on any atom is -0.497 e. The number of benzene rings is 2. The van der Waals surface area contributed by atoms with Gasteiger partial charge in [-0.1, -0.05) is 30.3 Å². The largest absolute Gasteiger partial charge is 0.497 e. The zero-order valence-electron chi connectivity index (χ0n) is 10.6. The topological polar surface area (TPSA) is 58.6 Å². The number of methoxy groups -OCH3 is 1. The summed E-state index contributed by atoms with van der Waals surface area (Å²) in [5.74, 6) is -0.0933. The summed E-state index contributed by atoms with van der Waals surface area (Å²) in [7, 11) is 1.62. The third-order valence-corrected chi connectivity index (χ3v) is 2.76. The van der Waals surface area contributed by atoms with E-state index in [0.717, 1.165) is 22.6 Å². The lowest BCUT2D eigenvalue weighted by atomic mass is 10.0. The fourth-order valence-corrected chi connectivity index (χ4v) is 1.83. The first-order chi connectivity index (χ1) is 9.20. The lowest BCUT2D eigenvalue weighted by molar-refractivity contribution is -0.134. The molecule has 0 unspecified atom stereocenters. The molecule has 2 N–H and O–H groups in total. The summed E-state index contributed by atoms with van der Waals surface area (Å²) < 4.78 is 5.12. The number of rotatable bonds is 5.